The van der Waals surface area contributed by atoms with Gasteiger partial charge in [0.2, 0.25) is 11.8 Å². The number of carbonyl (C=O) groups excluding carboxylic acids is 2. The molecule has 3 heterocycles. The molecule has 0 saturated carbocycles. The highest BCUT2D eigenvalue weighted by Crippen LogP contribution is 2.41. The van der Waals surface area contributed by atoms with E-state index in [1.54, 1.807) is 0 Å². The zero-order valence-electron chi connectivity index (χ0n) is 17.0. The van der Waals surface area contributed by atoms with E-state index in [1.807, 2.05) is 0 Å². The van der Waals surface area contributed by atoms with Gasteiger partial charge in [-0.1, -0.05) is 0 Å². The molecule has 1 aliphatic heterocycles. The molecule has 0 aromatic carbocycles. The number of hydrogen-bond donors (Lipinski definition) is 1. The normalized spacial score (nSPS) is 17.2. The predicted molar refractivity (Wildman–Crippen MR) is 107 cm³/mol. The van der Waals surface area contributed by atoms with Crippen molar-refractivity contribution in [1.29, 1.82) is 0 Å². The van der Waals surface area contributed by atoms with Gasteiger partial charge in [0.05, 0.1) is 22.7 Å². The number of aromatic nitrogens is 2. The Hall–Kier alpha value is -2.56. The molecule has 31 heavy (non-hydrogen) atoms. The topological polar surface area (TPSA) is 89.2 Å². The van der Waals surface area contributed by atoms with Crippen LogP contribution in [0.3, 0.4) is 0 Å². The van der Waals surface area contributed by atoms with E-state index in [1.165, 1.54) is 23.2 Å². The number of nitrogens with two attached hydrogens (primary N) is 1. The first-order valence-corrected chi connectivity index (χ1v) is 10.4. The lowest BCUT2D eigenvalue weighted by molar-refractivity contribution is -0.181. The quantitative estimate of drug-likeness (QED) is 0.671. The Morgan fingerprint density at radius 3 is 2.65 bits per heavy atom. The van der Waals surface area contributed by atoms with E-state index in [4.69, 9.17) is 5.73 Å². The number of nitrogens with zero attached hydrogens (tertiary/aromatic N) is 3. The molecule has 3 rings (SSSR count). The van der Waals surface area contributed by atoms with E-state index >= 15 is 0 Å². The number of primary amides is 1. The number of halogens is 4. The molecule has 6 nitrogen and oxygen atoms in total. The standard InChI is InChI=1S/C20H22F4N4O2S/c1-19(2,20(22,23)24)14-8-11(5-6-26-14)17-12(10-21)27-15(31-17)9-16(29)28-7-3-4-13(28)18(25)30/h5-6,8,13H,3-4,7,9-10H2,1-2H3,(H2,25,30)/t13-/m0/s1. The van der Waals surface area contributed by atoms with E-state index in [0.717, 1.165) is 25.2 Å². The zero-order chi connectivity index (χ0) is 23.0. The summed E-state index contributed by atoms with van der Waals surface area (Å²) in [4.78, 5) is 33.9. The molecule has 2 amide bonds. The number of carbonyl (C=O) groups is 2. The van der Waals surface area contributed by atoms with E-state index < -0.39 is 30.2 Å². The first-order valence-electron chi connectivity index (χ1n) is 9.62. The maximum atomic E-state index is 13.6. The molecule has 2 aromatic rings. The molecule has 1 fully saturated rings. The van der Waals surface area contributed by atoms with Crippen LogP contribution in [0.15, 0.2) is 18.3 Å². The Balaban J connectivity index is 1.89. The minimum absolute atomic E-state index is 0.0441. The number of amides is 2. The second-order valence-electron chi connectivity index (χ2n) is 7.89. The fourth-order valence-corrected chi connectivity index (χ4v) is 4.49. The van der Waals surface area contributed by atoms with Gasteiger partial charge in [-0.3, -0.25) is 14.6 Å². The fourth-order valence-electron chi connectivity index (χ4n) is 3.44. The lowest BCUT2D eigenvalue weighted by atomic mass is 9.87. The molecule has 0 aliphatic carbocycles. The largest absolute Gasteiger partial charge is 0.399 e. The Labute approximate surface area is 180 Å². The molecule has 1 atom stereocenters. The number of rotatable bonds is 6. The van der Waals surface area contributed by atoms with Crippen molar-refractivity contribution in [3.05, 3.63) is 34.7 Å². The summed E-state index contributed by atoms with van der Waals surface area (Å²) in [7, 11) is 0. The molecular weight excluding hydrogens is 436 g/mol. The monoisotopic (exact) mass is 458 g/mol. The van der Waals surface area contributed by atoms with Crippen LogP contribution in [0, 0.1) is 0 Å². The highest BCUT2D eigenvalue weighted by atomic mass is 32.1. The zero-order valence-corrected chi connectivity index (χ0v) is 17.8. The average Bonchev–Trinajstić information content (AvgIpc) is 3.34. The van der Waals surface area contributed by atoms with Crippen molar-refractivity contribution in [1.82, 2.24) is 14.9 Å². The molecule has 1 aliphatic rings. The smallest absolute Gasteiger partial charge is 0.368 e. The van der Waals surface area contributed by atoms with Crippen LogP contribution in [-0.4, -0.2) is 45.4 Å². The van der Waals surface area contributed by atoms with Gasteiger partial charge in [0.15, 0.2) is 0 Å². The van der Waals surface area contributed by atoms with E-state index in [9.17, 15) is 27.2 Å². The van der Waals surface area contributed by atoms with Crippen molar-refractivity contribution < 1.29 is 27.2 Å². The van der Waals surface area contributed by atoms with Gasteiger partial charge < -0.3 is 10.6 Å². The fraction of sp³-hybridized carbons (Fsp3) is 0.500. The number of thiazole rings is 1. The lowest BCUT2D eigenvalue weighted by Gasteiger charge is -2.27. The molecule has 1 saturated heterocycles. The van der Waals surface area contributed by atoms with Gasteiger partial charge in [0.1, 0.15) is 23.1 Å². The molecular formula is C20H22F4N4O2S. The third kappa shape index (κ3) is 4.56. The number of alkyl halides is 4. The molecule has 0 bridgehead atoms. The predicted octanol–water partition coefficient (Wildman–Crippen LogP) is 3.53. The number of hydrogen-bond acceptors (Lipinski definition) is 5. The highest BCUT2D eigenvalue weighted by molar-refractivity contribution is 7.15. The Kier molecular flexibility index (Phi) is 6.35. The summed E-state index contributed by atoms with van der Waals surface area (Å²) in [6.45, 7) is 1.52. The van der Waals surface area contributed by atoms with Crippen LogP contribution in [0.4, 0.5) is 17.6 Å². The summed E-state index contributed by atoms with van der Waals surface area (Å²) < 4.78 is 53.8. The number of pyridine rings is 1. The van der Waals surface area contributed by atoms with Crippen molar-refractivity contribution in [2.45, 2.75) is 57.4 Å². The second kappa shape index (κ2) is 8.52. The van der Waals surface area contributed by atoms with Gasteiger partial charge in [-0.25, -0.2) is 9.37 Å². The van der Waals surface area contributed by atoms with Gasteiger partial charge in [0.25, 0.3) is 0 Å². The Morgan fingerprint density at radius 1 is 1.32 bits per heavy atom. The van der Waals surface area contributed by atoms with Crippen molar-refractivity contribution in [3.8, 4) is 10.4 Å². The molecule has 11 heteroatoms. The van der Waals surface area contributed by atoms with Crippen molar-refractivity contribution in [2.75, 3.05) is 6.54 Å². The Bertz CT molecular complexity index is 990. The van der Waals surface area contributed by atoms with Crippen molar-refractivity contribution in [3.63, 3.8) is 0 Å². The van der Waals surface area contributed by atoms with Crippen LogP contribution in [0.5, 0.6) is 0 Å². The Morgan fingerprint density at radius 2 is 2.03 bits per heavy atom. The van der Waals surface area contributed by atoms with Crippen LogP contribution in [-0.2, 0) is 28.1 Å². The van der Waals surface area contributed by atoms with E-state index in [0.29, 0.717) is 34.8 Å². The molecule has 0 radical (unpaired) electrons. The van der Waals surface area contributed by atoms with Crippen LogP contribution >= 0.6 is 11.3 Å². The first kappa shape index (κ1) is 23.1. The third-order valence-corrected chi connectivity index (χ3v) is 6.59. The van der Waals surface area contributed by atoms with Gasteiger partial charge in [-0.05, 0) is 44.4 Å². The van der Waals surface area contributed by atoms with E-state index in [-0.39, 0.29) is 23.7 Å². The first-order chi connectivity index (χ1) is 14.5. The van der Waals surface area contributed by atoms with Crippen molar-refractivity contribution >= 4 is 23.2 Å². The molecule has 0 unspecified atom stereocenters. The van der Waals surface area contributed by atoms with Crippen LogP contribution in [0.1, 0.15) is 43.1 Å². The lowest BCUT2D eigenvalue weighted by Crippen LogP contribution is -2.44. The summed E-state index contributed by atoms with van der Waals surface area (Å²) >= 11 is 1.04. The maximum absolute atomic E-state index is 13.6. The summed E-state index contributed by atoms with van der Waals surface area (Å²) in [6, 6.07) is 2.09. The average molecular weight is 458 g/mol. The highest BCUT2D eigenvalue weighted by Gasteiger charge is 2.49. The molecule has 2 N–H and O–H groups in total. The minimum Gasteiger partial charge on any atom is -0.368 e. The molecule has 168 valence electrons. The third-order valence-electron chi connectivity index (χ3n) is 5.44. The van der Waals surface area contributed by atoms with Gasteiger partial charge in [-0.2, -0.15) is 13.2 Å². The molecule has 2 aromatic heterocycles. The summed E-state index contributed by atoms with van der Waals surface area (Å²) in [6.07, 6.45) is -2.26. The van der Waals surface area contributed by atoms with Gasteiger partial charge >= 0.3 is 6.18 Å². The summed E-state index contributed by atoms with van der Waals surface area (Å²) in [5, 5.41) is 0.316. The van der Waals surface area contributed by atoms with E-state index in [2.05, 4.69) is 9.97 Å². The maximum Gasteiger partial charge on any atom is 0.399 e. The van der Waals surface area contributed by atoms with Gasteiger partial charge in [-0.15, -0.1) is 11.3 Å². The van der Waals surface area contributed by atoms with Crippen LogP contribution < -0.4 is 5.73 Å². The SMILES string of the molecule is CC(C)(c1cc(-c2sc(CC(=O)N3CCC[C@H]3C(N)=O)nc2CF)ccn1)C(F)(F)F. The second-order valence-corrected chi connectivity index (χ2v) is 8.98. The minimum atomic E-state index is -4.51. The number of likely N-dealkylation sites (tertiary alicyclic amines) is 1. The van der Waals surface area contributed by atoms with Crippen LogP contribution in [0.2, 0.25) is 0 Å². The van der Waals surface area contributed by atoms with Gasteiger partial charge in [0, 0.05) is 12.7 Å². The summed E-state index contributed by atoms with van der Waals surface area (Å²) in [5.74, 6) is -0.924. The van der Waals surface area contributed by atoms with Crippen LogP contribution in [0.25, 0.3) is 10.4 Å². The molecule has 0 spiro atoms. The van der Waals surface area contributed by atoms with Crippen molar-refractivity contribution in [2.24, 2.45) is 5.73 Å². The summed E-state index contributed by atoms with van der Waals surface area (Å²) in [5.41, 5.74) is 3.35.